The smallest absolute Gasteiger partial charge is 0.394 e. The molecule has 19 heavy (non-hydrogen) atoms. The first-order valence-corrected chi connectivity index (χ1v) is 5.31. The SMILES string of the molecule is CC(C)(CO)Nc1ccc(C(F)(F)F)cc1[N+](=O)[O-]. The molecule has 0 aliphatic rings. The quantitative estimate of drug-likeness (QED) is 0.656. The van der Waals surface area contributed by atoms with Crippen molar-refractivity contribution in [2.45, 2.75) is 25.6 Å². The highest BCUT2D eigenvalue weighted by molar-refractivity contribution is 5.64. The van der Waals surface area contributed by atoms with Crippen LogP contribution in [-0.2, 0) is 6.18 Å². The molecule has 1 rings (SSSR count). The molecule has 0 bridgehead atoms. The second kappa shape index (κ2) is 5.04. The van der Waals surface area contributed by atoms with E-state index in [0.29, 0.717) is 6.07 Å². The molecule has 0 saturated heterocycles. The van der Waals surface area contributed by atoms with Gasteiger partial charge in [-0.3, -0.25) is 10.1 Å². The van der Waals surface area contributed by atoms with Gasteiger partial charge in [0.2, 0.25) is 0 Å². The van der Waals surface area contributed by atoms with E-state index in [1.54, 1.807) is 13.8 Å². The van der Waals surface area contributed by atoms with Crippen LogP contribution in [-0.4, -0.2) is 22.2 Å². The third kappa shape index (κ3) is 3.82. The van der Waals surface area contributed by atoms with Gasteiger partial charge >= 0.3 is 6.18 Å². The van der Waals surface area contributed by atoms with Crippen molar-refractivity contribution in [2.24, 2.45) is 0 Å². The lowest BCUT2D eigenvalue weighted by molar-refractivity contribution is -0.384. The van der Waals surface area contributed by atoms with Gasteiger partial charge in [-0.1, -0.05) is 0 Å². The fraction of sp³-hybridized carbons (Fsp3) is 0.455. The molecule has 0 atom stereocenters. The van der Waals surface area contributed by atoms with Gasteiger partial charge in [-0.25, -0.2) is 0 Å². The number of halogens is 3. The van der Waals surface area contributed by atoms with E-state index in [0.717, 1.165) is 12.1 Å². The summed E-state index contributed by atoms with van der Waals surface area (Å²) in [5, 5.41) is 22.5. The highest BCUT2D eigenvalue weighted by Gasteiger charge is 2.33. The Morgan fingerprint density at radius 3 is 2.37 bits per heavy atom. The number of alkyl halides is 3. The lowest BCUT2D eigenvalue weighted by atomic mass is 10.1. The average molecular weight is 278 g/mol. The standard InChI is InChI=1S/C11H13F3N2O3/c1-10(2,6-17)15-8-4-3-7(11(12,13)14)5-9(8)16(18)19/h3-5,15,17H,6H2,1-2H3. The zero-order chi connectivity index (χ0) is 14.8. The molecule has 8 heteroatoms. The number of aliphatic hydroxyl groups excluding tert-OH is 1. The number of rotatable bonds is 4. The Hall–Kier alpha value is -1.83. The topological polar surface area (TPSA) is 75.4 Å². The molecule has 106 valence electrons. The van der Waals surface area contributed by atoms with Crippen LogP contribution in [0.1, 0.15) is 19.4 Å². The fourth-order valence-electron chi connectivity index (χ4n) is 1.37. The van der Waals surface area contributed by atoms with Gasteiger partial charge in [-0.05, 0) is 26.0 Å². The summed E-state index contributed by atoms with van der Waals surface area (Å²) >= 11 is 0. The van der Waals surface area contributed by atoms with Crippen LogP contribution < -0.4 is 5.32 Å². The first-order valence-electron chi connectivity index (χ1n) is 5.31. The predicted octanol–water partition coefficient (Wildman–Crippen LogP) is 2.80. The van der Waals surface area contributed by atoms with Gasteiger partial charge in [-0.2, -0.15) is 13.2 Å². The van der Waals surface area contributed by atoms with Gasteiger partial charge in [0.1, 0.15) is 5.69 Å². The summed E-state index contributed by atoms with van der Waals surface area (Å²) in [5.74, 6) is 0. The van der Waals surface area contributed by atoms with Crippen molar-refractivity contribution >= 4 is 11.4 Å². The third-order valence-electron chi connectivity index (χ3n) is 2.39. The van der Waals surface area contributed by atoms with Gasteiger partial charge < -0.3 is 10.4 Å². The number of aliphatic hydroxyl groups is 1. The Morgan fingerprint density at radius 2 is 1.95 bits per heavy atom. The Bertz CT molecular complexity index is 487. The summed E-state index contributed by atoms with van der Waals surface area (Å²) in [5.41, 5.74) is -2.73. The van der Waals surface area contributed by atoms with Crippen molar-refractivity contribution in [3.05, 3.63) is 33.9 Å². The summed E-state index contributed by atoms with van der Waals surface area (Å²) in [6, 6.07) is 2.21. The minimum atomic E-state index is -4.64. The summed E-state index contributed by atoms with van der Waals surface area (Å²) in [6.45, 7) is 2.80. The van der Waals surface area contributed by atoms with E-state index < -0.39 is 27.9 Å². The third-order valence-corrected chi connectivity index (χ3v) is 2.39. The maximum Gasteiger partial charge on any atom is 0.416 e. The summed E-state index contributed by atoms with van der Waals surface area (Å²) in [6.07, 6.45) is -4.64. The zero-order valence-electron chi connectivity index (χ0n) is 10.3. The van der Waals surface area contributed by atoms with Crippen molar-refractivity contribution < 1.29 is 23.2 Å². The van der Waals surface area contributed by atoms with Gasteiger partial charge in [-0.15, -0.1) is 0 Å². The molecule has 0 aliphatic carbocycles. The Kier molecular flexibility index (Phi) is 4.04. The van der Waals surface area contributed by atoms with Crippen LogP contribution in [0.2, 0.25) is 0 Å². The maximum absolute atomic E-state index is 12.5. The summed E-state index contributed by atoms with van der Waals surface area (Å²) in [7, 11) is 0. The first kappa shape index (κ1) is 15.2. The minimum absolute atomic E-state index is 0.0722. The van der Waals surface area contributed by atoms with Crippen LogP contribution in [0.25, 0.3) is 0 Å². The molecule has 0 unspecified atom stereocenters. The van der Waals surface area contributed by atoms with Crippen molar-refractivity contribution in [1.82, 2.24) is 0 Å². The molecular weight excluding hydrogens is 265 g/mol. The van der Waals surface area contributed by atoms with E-state index in [9.17, 15) is 23.3 Å². The normalized spacial score (nSPS) is 12.3. The second-order valence-electron chi connectivity index (χ2n) is 4.65. The van der Waals surface area contributed by atoms with Crippen molar-refractivity contribution in [3.8, 4) is 0 Å². The van der Waals surface area contributed by atoms with Gasteiger partial charge in [0.05, 0.1) is 22.6 Å². The van der Waals surface area contributed by atoms with Crippen LogP contribution in [0.15, 0.2) is 18.2 Å². The first-order chi connectivity index (χ1) is 8.57. The summed E-state index contributed by atoms with van der Waals surface area (Å²) in [4.78, 5) is 9.91. The van der Waals surface area contributed by atoms with Crippen LogP contribution in [0.4, 0.5) is 24.5 Å². The fourth-order valence-corrected chi connectivity index (χ4v) is 1.37. The lowest BCUT2D eigenvalue weighted by Crippen LogP contribution is -2.35. The van der Waals surface area contributed by atoms with Crippen LogP contribution in [0.5, 0.6) is 0 Å². The number of hydrogen-bond acceptors (Lipinski definition) is 4. The number of benzene rings is 1. The van der Waals surface area contributed by atoms with Crippen LogP contribution >= 0.6 is 0 Å². The summed E-state index contributed by atoms with van der Waals surface area (Å²) < 4.78 is 37.5. The van der Waals surface area contributed by atoms with Crippen molar-refractivity contribution in [1.29, 1.82) is 0 Å². The van der Waals surface area contributed by atoms with Crippen LogP contribution in [0, 0.1) is 10.1 Å². The maximum atomic E-state index is 12.5. The molecule has 0 aromatic heterocycles. The number of anilines is 1. The number of nitro benzene ring substituents is 1. The van der Waals surface area contributed by atoms with Crippen molar-refractivity contribution in [2.75, 3.05) is 11.9 Å². The van der Waals surface area contributed by atoms with E-state index in [4.69, 9.17) is 5.11 Å². The molecule has 1 aromatic carbocycles. The minimum Gasteiger partial charge on any atom is -0.394 e. The van der Waals surface area contributed by atoms with Gasteiger partial charge in [0.25, 0.3) is 5.69 Å². The predicted molar refractivity (Wildman–Crippen MR) is 62.9 cm³/mol. The molecule has 0 saturated carbocycles. The zero-order valence-corrected chi connectivity index (χ0v) is 10.3. The number of nitrogens with one attached hydrogen (secondary N) is 1. The molecule has 1 aromatic rings. The Balaban J connectivity index is 3.24. The number of nitro groups is 1. The van der Waals surface area contributed by atoms with Crippen LogP contribution in [0.3, 0.4) is 0 Å². The molecule has 0 fully saturated rings. The van der Waals surface area contributed by atoms with E-state index >= 15 is 0 Å². The number of nitrogens with zero attached hydrogens (tertiary/aromatic N) is 1. The Morgan fingerprint density at radius 1 is 1.37 bits per heavy atom. The van der Waals surface area contributed by atoms with Gasteiger partial charge in [0.15, 0.2) is 0 Å². The molecule has 0 radical (unpaired) electrons. The highest BCUT2D eigenvalue weighted by Crippen LogP contribution is 2.35. The molecule has 0 aliphatic heterocycles. The van der Waals surface area contributed by atoms with E-state index in [2.05, 4.69) is 5.32 Å². The van der Waals surface area contributed by atoms with E-state index in [1.807, 2.05) is 0 Å². The monoisotopic (exact) mass is 278 g/mol. The molecular formula is C11H13F3N2O3. The second-order valence-corrected chi connectivity index (χ2v) is 4.65. The lowest BCUT2D eigenvalue weighted by Gasteiger charge is -2.24. The molecule has 0 amide bonds. The average Bonchev–Trinajstić information content (AvgIpc) is 2.27. The van der Waals surface area contributed by atoms with Crippen molar-refractivity contribution in [3.63, 3.8) is 0 Å². The van der Waals surface area contributed by atoms with E-state index in [1.165, 1.54) is 0 Å². The molecule has 5 nitrogen and oxygen atoms in total. The largest absolute Gasteiger partial charge is 0.416 e. The van der Waals surface area contributed by atoms with Gasteiger partial charge in [0, 0.05) is 6.07 Å². The molecule has 0 heterocycles. The number of hydrogen-bond donors (Lipinski definition) is 2. The molecule has 2 N–H and O–H groups in total. The Labute approximate surface area is 107 Å². The van der Waals surface area contributed by atoms with E-state index in [-0.39, 0.29) is 12.3 Å². The highest BCUT2D eigenvalue weighted by atomic mass is 19.4. The molecule has 0 spiro atoms.